The lowest BCUT2D eigenvalue weighted by Crippen LogP contribution is -1.78. The first-order valence-corrected chi connectivity index (χ1v) is 5.68. The largest absolute Gasteiger partial charge is 0.192 e. The van der Waals surface area contributed by atoms with Crippen LogP contribution in [0.15, 0.2) is 18.2 Å². The van der Waals surface area contributed by atoms with Gasteiger partial charge in [0, 0.05) is 10.1 Å². The molecular formula is C10H3IN2S. The van der Waals surface area contributed by atoms with E-state index in [1.165, 1.54) is 0 Å². The molecule has 0 saturated carbocycles. The van der Waals surface area contributed by atoms with Crippen molar-refractivity contribution in [3.8, 4) is 12.1 Å². The van der Waals surface area contributed by atoms with Gasteiger partial charge >= 0.3 is 0 Å². The van der Waals surface area contributed by atoms with Gasteiger partial charge in [0.2, 0.25) is 0 Å². The van der Waals surface area contributed by atoms with Gasteiger partial charge in [-0.1, -0.05) is 6.07 Å². The summed E-state index contributed by atoms with van der Waals surface area (Å²) in [4.78, 5) is 0. The summed E-state index contributed by atoms with van der Waals surface area (Å²) in [5.74, 6) is 0. The molecule has 0 amide bonds. The van der Waals surface area contributed by atoms with Crippen molar-refractivity contribution < 1.29 is 0 Å². The van der Waals surface area contributed by atoms with Gasteiger partial charge < -0.3 is 0 Å². The van der Waals surface area contributed by atoms with Gasteiger partial charge in [-0.25, -0.2) is 0 Å². The maximum absolute atomic E-state index is 8.97. The predicted molar refractivity (Wildman–Crippen MR) is 64.0 cm³/mol. The summed E-state index contributed by atoms with van der Waals surface area (Å²) in [5, 5.41) is 18.7. The molecule has 1 heterocycles. The zero-order valence-corrected chi connectivity index (χ0v) is 9.89. The Labute approximate surface area is 98.5 Å². The number of fused-ring (bicyclic) bond motifs is 1. The van der Waals surface area contributed by atoms with Crippen LogP contribution in [0.5, 0.6) is 0 Å². The minimum Gasteiger partial charge on any atom is -0.192 e. The van der Waals surface area contributed by atoms with Crippen LogP contribution in [0.4, 0.5) is 0 Å². The van der Waals surface area contributed by atoms with Crippen molar-refractivity contribution >= 4 is 44.0 Å². The molecular weight excluding hydrogens is 307 g/mol. The normalized spacial score (nSPS) is 9.64. The van der Waals surface area contributed by atoms with Gasteiger partial charge in [0.1, 0.15) is 6.07 Å². The zero-order chi connectivity index (χ0) is 10.1. The Balaban J connectivity index is 3.00. The summed E-state index contributed by atoms with van der Waals surface area (Å²) in [6.07, 6.45) is 0. The molecule has 0 atom stereocenters. The van der Waals surface area contributed by atoms with Gasteiger partial charge in [-0.05, 0) is 34.7 Å². The van der Waals surface area contributed by atoms with Crippen LogP contribution in [0.2, 0.25) is 0 Å². The molecule has 66 valence electrons. The molecule has 0 radical (unpaired) electrons. The highest BCUT2D eigenvalue weighted by atomic mass is 127. The maximum Gasteiger partial charge on any atom is 0.102 e. The van der Waals surface area contributed by atoms with Crippen LogP contribution < -0.4 is 0 Å². The van der Waals surface area contributed by atoms with E-state index < -0.39 is 0 Å². The Hall–Kier alpha value is -1.11. The Kier molecular flexibility index (Phi) is 2.40. The summed E-state index contributed by atoms with van der Waals surface area (Å²) in [7, 11) is 0. The number of thiophene rings is 1. The number of nitrogens with zero attached hydrogens (tertiary/aromatic N) is 2. The van der Waals surface area contributed by atoms with Crippen LogP contribution in [0, 0.1) is 25.5 Å². The van der Waals surface area contributed by atoms with Crippen LogP contribution in [-0.2, 0) is 0 Å². The van der Waals surface area contributed by atoms with Crippen molar-refractivity contribution in [2.75, 3.05) is 0 Å². The summed E-state index contributed by atoms with van der Waals surface area (Å²) < 4.78 is 1.95. The third-order valence-corrected chi connectivity index (χ3v) is 4.05. The molecule has 2 aromatic rings. The van der Waals surface area contributed by atoms with Crippen molar-refractivity contribution in [1.29, 1.82) is 10.5 Å². The van der Waals surface area contributed by atoms with Crippen LogP contribution >= 0.6 is 33.9 Å². The van der Waals surface area contributed by atoms with Gasteiger partial charge in [0.15, 0.2) is 0 Å². The summed E-state index contributed by atoms with van der Waals surface area (Å²) >= 11 is 3.68. The van der Waals surface area contributed by atoms with E-state index in [0.29, 0.717) is 11.1 Å². The van der Waals surface area contributed by atoms with Crippen molar-refractivity contribution in [3.05, 3.63) is 32.2 Å². The Morgan fingerprint density at radius 3 is 2.64 bits per heavy atom. The second-order valence-corrected chi connectivity index (χ2v) is 5.52. The summed E-state index contributed by atoms with van der Waals surface area (Å²) in [6.45, 7) is 0. The van der Waals surface area contributed by atoms with Crippen LogP contribution in [0.3, 0.4) is 0 Å². The lowest BCUT2D eigenvalue weighted by molar-refractivity contribution is 1.49. The van der Waals surface area contributed by atoms with E-state index in [0.717, 1.165) is 13.0 Å². The molecule has 0 N–H and O–H groups in total. The first kappa shape index (κ1) is 9.45. The molecule has 0 aliphatic heterocycles. The molecule has 14 heavy (non-hydrogen) atoms. The third-order valence-electron chi connectivity index (χ3n) is 1.90. The molecule has 0 aliphatic carbocycles. The van der Waals surface area contributed by atoms with Crippen molar-refractivity contribution in [1.82, 2.24) is 0 Å². The molecule has 0 spiro atoms. The Morgan fingerprint density at radius 1 is 1.21 bits per heavy atom. The van der Waals surface area contributed by atoms with E-state index >= 15 is 0 Å². The quantitative estimate of drug-likeness (QED) is 0.701. The molecule has 0 fully saturated rings. The molecule has 0 saturated heterocycles. The average Bonchev–Trinajstić information content (AvgIpc) is 2.52. The fraction of sp³-hybridized carbons (Fsp3) is 0. The van der Waals surface area contributed by atoms with Gasteiger partial charge in [0.05, 0.1) is 20.1 Å². The fourth-order valence-corrected chi connectivity index (χ4v) is 3.32. The highest BCUT2D eigenvalue weighted by Gasteiger charge is 2.12. The third kappa shape index (κ3) is 1.28. The van der Waals surface area contributed by atoms with Gasteiger partial charge in [-0.15, -0.1) is 11.3 Å². The SMILES string of the molecule is N#Cc1cccc2sc(I)c(C#N)c12. The molecule has 2 rings (SSSR count). The highest BCUT2D eigenvalue weighted by Crippen LogP contribution is 2.33. The monoisotopic (exact) mass is 310 g/mol. The van der Waals surface area contributed by atoms with Crippen molar-refractivity contribution in [2.24, 2.45) is 0 Å². The molecule has 0 aliphatic rings. The van der Waals surface area contributed by atoms with Crippen LogP contribution in [0.25, 0.3) is 10.1 Å². The molecule has 1 aromatic heterocycles. The standard InChI is InChI=1S/C10H3IN2S/c11-10-7(5-13)9-6(4-12)2-1-3-8(9)14-10/h1-3H. The fourth-order valence-electron chi connectivity index (χ4n) is 1.31. The van der Waals surface area contributed by atoms with E-state index in [4.69, 9.17) is 10.5 Å². The number of benzene rings is 1. The molecule has 0 unspecified atom stereocenters. The second kappa shape index (κ2) is 3.56. The Bertz CT molecular complexity index is 586. The summed E-state index contributed by atoms with van der Waals surface area (Å²) in [5.41, 5.74) is 1.21. The highest BCUT2D eigenvalue weighted by molar-refractivity contribution is 14.1. The van der Waals surface area contributed by atoms with E-state index in [2.05, 4.69) is 34.7 Å². The second-order valence-electron chi connectivity index (χ2n) is 2.65. The maximum atomic E-state index is 8.97. The summed E-state index contributed by atoms with van der Waals surface area (Å²) in [6, 6.07) is 9.77. The molecule has 0 bridgehead atoms. The number of hydrogen-bond acceptors (Lipinski definition) is 3. The molecule has 1 aromatic carbocycles. The van der Waals surface area contributed by atoms with Crippen LogP contribution in [-0.4, -0.2) is 0 Å². The topological polar surface area (TPSA) is 47.6 Å². The van der Waals surface area contributed by atoms with Crippen molar-refractivity contribution in [2.45, 2.75) is 0 Å². The van der Waals surface area contributed by atoms with E-state index in [1.807, 2.05) is 12.1 Å². The predicted octanol–water partition coefficient (Wildman–Crippen LogP) is 3.25. The van der Waals surface area contributed by atoms with Gasteiger partial charge in [0.25, 0.3) is 0 Å². The van der Waals surface area contributed by atoms with Crippen LogP contribution in [0.1, 0.15) is 11.1 Å². The number of hydrogen-bond donors (Lipinski definition) is 0. The van der Waals surface area contributed by atoms with E-state index in [1.54, 1.807) is 17.4 Å². The average molecular weight is 310 g/mol. The minimum absolute atomic E-state index is 0.582. The smallest absolute Gasteiger partial charge is 0.102 e. The Morgan fingerprint density at radius 2 is 2.00 bits per heavy atom. The van der Waals surface area contributed by atoms with E-state index in [9.17, 15) is 0 Å². The number of rotatable bonds is 0. The van der Waals surface area contributed by atoms with E-state index in [-0.39, 0.29) is 0 Å². The first-order valence-electron chi connectivity index (χ1n) is 3.79. The first-order chi connectivity index (χ1) is 6.77. The molecule has 2 nitrogen and oxygen atoms in total. The van der Waals surface area contributed by atoms with Gasteiger partial charge in [-0.3, -0.25) is 0 Å². The number of nitriles is 2. The van der Waals surface area contributed by atoms with Crippen molar-refractivity contribution in [3.63, 3.8) is 0 Å². The number of halogens is 1. The zero-order valence-electron chi connectivity index (χ0n) is 6.91. The minimum atomic E-state index is 0.582. The lowest BCUT2D eigenvalue weighted by atomic mass is 10.1. The lowest BCUT2D eigenvalue weighted by Gasteiger charge is -1.92. The van der Waals surface area contributed by atoms with Gasteiger partial charge in [-0.2, -0.15) is 10.5 Å². The molecule has 4 heteroatoms.